The number of carbonyl (C=O) groups excluding carboxylic acids is 1. The van der Waals surface area contributed by atoms with Gasteiger partial charge < -0.3 is 14.5 Å². The Balaban J connectivity index is 1.56. The lowest BCUT2D eigenvalue weighted by Gasteiger charge is -2.50. The number of rotatable bonds is 4. The van der Waals surface area contributed by atoms with Crippen LogP contribution in [0.25, 0.3) is 0 Å². The van der Waals surface area contributed by atoms with Crippen molar-refractivity contribution in [2.75, 3.05) is 26.2 Å². The Bertz CT molecular complexity index is 611. The van der Waals surface area contributed by atoms with E-state index in [0.717, 1.165) is 44.5 Å². The number of ether oxygens (including phenoxy) is 1. The summed E-state index contributed by atoms with van der Waals surface area (Å²) in [6.07, 6.45) is 2.21. The van der Waals surface area contributed by atoms with Crippen LogP contribution in [0.1, 0.15) is 39.2 Å². The summed E-state index contributed by atoms with van der Waals surface area (Å²) in [5.74, 6) is -0.0193. The molecule has 1 amide bonds. The minimum absolute atomic E-state index is 0.0996. The fourth-order valence-corrected chi connectivity index (χ4v) is 3.96. The summed E-state index contributed by atoms with van der Waals surface area (Å²) in [7, 11) is 0. The summed E-state index contributed by atoms with van der Waals surface area (Å²) in [5.41, 5.74) is 0.563. The minimum Gasteiger partial charge on any atom is -0.360 e. The second-order valence-corrected chi connectivity index (χ2v) is 7.69. The van der Waals surface area contributed by atoms with Crippen LogP contribution >= 0.6 is 0 Å². The molecule has 0 aliphatic carbocycles. The monoisotopic (exact) mass is 348 g/mol. The average Bonchev–Trinajstić information content (AvgIpc) is 2.59. The Morgan fingerprint density at radius 1 is 1.28 bits per heavy atom. The molecule has 4 nitrogen and oxygen atoms in total. The second-order valence-electron chi connectivity index (χ2n) is 7.69. The maximum Gasteiger partial charge on any atom is 0.251 e. The van der Waals surface area contributed by atoms with E-state index in [2.05, 4.69) is 18.7 Å². The highest BCUT2D eigenvalue weighted by Gasteiger charge is 2.45. The molecule has 2 saturated heterocycles. The molecule has 0 aromatic heterocycles. The van der Waals surface area contributed by atoms with Gasteiger partial charge in [-0.2, -0.15) is 0 Å². The molecule has 0 saturated carbocycles. The van der Waals surface area contributed by atoms with Gasteiger partial charge in [0.1, 0.15) is 11.9 Å². The Morgan fingerprint density at radius 2 is 1.96 bits per heavy atom. The molecule has 25 heavy (non-hydrogen) atoms. The molecule has 138 valence electrons. The van der Waals surface area contributed by atoms with Crippen molar-refractivity contribution >= 4 is 5.91 Å². The van der Waals surface area contributed by atoms with Crippen molar-refractivity contribution in [3.8, 4) is 0 Å². The van der Waals surface area contributed by atoms with Gasteiger partial charge in [-0.05, 0) is 51.7 Å². The Hall–Kier alpha value is -1.46. The molecule has 1 atom stereocenters. The Kier molecular flexibility index (Phi) is 5.44. The van der Waals surface area contributed by atoms with E-state index < -0.39 is 0 Å². The van der Waals surface area contributed by atoms with Gasteiger partial charge in [-0.15, -0.1) is 0 Å². The highest BCUT2D eigenvalue weighted by atomic mass is 19.1. The SMILES string of the molecule is CC(C)N1CC2(CCN(CCc3ccccc3F)CC2)O[C@H](C)C1=O. The van der Waals surface area contributed by atoms with Gasteiger partial charge in [0.05, 0.1) is 12.1 Å². The standard InChI is InChI=1S/C20H29FN2O2/c1-15(2)23-14-20(25-16(3)19(23)24)9-12-22(13-10-20)11-8-17-6-4-5-7-18(17)21/h4-7,15-16H,8-14H2,1-3H3/t16-/m1/s1. The molecule has 5 heteroatoms. The van der Waals surface area contributed by atoms with E-state index in [0.29, 0.717) is 6.54 Å². The molecule has 1 aromatic rings. The predicted molar refractivity (Wildman–Crippen MR) is 95.9 cm³/mol. The van der Waals surface area contributed by atoms with Gasteiger partial charge in [0.2, 0.25) is 0 Å². The van der Waals surface area contributed by atoms with Gasteiger partial charge in [-0.25, -0.2) is 4.39 Å². The largest absolute Gasteiger partial charge is 0.360 e. The first-order chi connectivity index (χ1) is 11.9. The van der Waals surface area contributed by atoms with Crippen molar-refractivity contribution in [3.05, 3.63) is 35.6 Å². The van der Waals surface area contributed by atoms with Crippen LogP contribution in [-0.2, 0) is 16.0 Å². The van der Waals surface area contributed by atoms with Gasteiger partial charge >= 0.3 is 0 Å². The quantitative estimate of drug-likeness (QED) is 0.839. The summed E-state index contributed by atoms with van der Waals surface area (Å²) in [5, 5.41) is 0. The molecule has 1 spiro atoms. The van der Waals surface area contributed by atoms with Crippen molar-refractivity contribution in [2.24, 2.45) is 0 Å². The normalized spacial score (nSPS) is 24.3. The second kappa shape index (κ2) is 7.42. The van der Waals surface area contributed by atoms with Crippen LogP contribution in [0.3, 0.4) is 0 Å². The predicted octanol–water partition coefficient (Wildman–Crippen LogP) is 2.86. The zero-order chi connectivity index (χ0) is 18.0. The molecule has 2 aliphatic rings. The molecule has 0 bridgehead atoms. The highest BCUT2D eigenvalue weighted by molar-refractivity contribution is 5.81. The highest BCUT2D eigenvalue weighted by Crippen LogP contribution is 2.33. The first-order valence-corrected chi connectivity index (χ1v) is 9.34. The van der Waals surface area contributed by atoms with Gasteiger partial charge in [-0.3, -0.25) is 4.79 Å². The van der Waals surface area contributed by atoms with Crippen LogP contribution in [0.5, 0.6) is 0 Å². The molecular formula is C20H29FN2O2. The van der Waals surface area contributed by atoms with Gasteiger partial charge in [0.25, 0.3) is 5.91 Å². The van der Waals surface area contributed by atoms with Crippen LogP contribution in [-0.4, -0.2) is 59.6 Å². The minimum atomic E-state index is -0.360. The van der Waals surface area contributed by atoms with E-state index in [1.54, 1.807) is 6.07 Å². The Labute approximate surface area is 149 Å². The number of halogens is 1. The van der Waals surface area contributed by atoms with Crippen molar-refractivity contribution in [2.45, 2.75) is 57.8 Å². The van der Waals surface area contributed by atoms with Crippen molar-refractivity contribution in [3.63, 3.8) is 0 Å². The molecular weight excluding hydrogens is 319 g/mol. The van der Waals surface area contributed by atoms with E-state index in [9.17, 15) is 9.18 Å². The number of benzene rings is 1. The number of hydrogen-bond acceptors (Lipinski definition) is 3. The first kappa shape index (κ1) is 18.3. The van der Waals surface area contributed by atoms with Crippen LogP contribution in [0.15, 0.2) is 24.3 Å². The summed E-state index contributed by atoms with van der Waals surface area (Å²) in [6.45, 7) is 9.40. The topological polar surface area (TPSA) is 32.8 Å². The fraction of sp³-hybridized carbons (Fsp3) is 0.650. The van der Waals surface area contributed by atoms with Crippen molar-refractivity contribution in [1.29, 1.82) is 0 Å². The lowest BCUT2D eigenvalue weighted by atomic mass is 9.88. The van der Waals surface area contributed by atoms with Crippen LogP contribution in [0, 0.1) is 5.82 Å². The fourth-order valence-electron chi connectivity index (χ4n) is 3.96. The first-order valence-electron chi connectivity index (χ1n) is 9.34. The molecule has 2 aliphatic heterocycles. The molecule has 1 aromatic carbocycles. The van der Waals surface area contributed by atoms with E-state index in [-0.39, 0.29) is 29.5 Å². The summed E-state index contributed by atoms with van der Waals surface area (Å²) in [6, 6.07) is 7.20. The van der Waals surface area contributed by atoms with E-state index in [1.165, 1.54) is 6.07 Å². The van der Waals surface area contributed by atoms with Crippen molar-refractivity contribution < 1.29 is 13.9 Å². The number of hydrogen-bond donors (Lipinski definition) is 0. The molecule has 3 rings (SSSR count). The maximum atomic E-state index is 13.8. The molecule has 0 N–H and O–H groups in total. The third-order valence-electron chi connectivity index (χ3n) is 5.56. The third-order valence-corrected chi connectivity index (χ3v) is 5.56. The van der Waals surface area contributed by atoms with Crippen LogP contribution in [0.2, 0.25) is 0 Å². The summed E-state index contributed by atoms with van der Waals surface area (Å²) in [4.78, 5) is 16.6. The van der Waals surface area contributed by atoms with Crippen LogP contribution in [0.4, 0.5) is 4.39 Å². The smallest absolute Gasteiger partial charge is 0.251 e. The molecule has 2 fully saturated rings. The lowest BCUT2D eigenvalue weighted by molar-refractivity contribution is -0.192. The third kappa shape index (κ3) is 4.04. The van der Waals surface area contributed by atoms with Gasteiger partial charge in [-0.1, -0.05) is 18.2 Å². The number of amides is 1. The summed E-state index contributed by atoms with van der Waals surface area (Å²) < 4.78 is 19.9. The van der Waals surface area contributed by atoms with E-state index in [4.69, 9.17) is 4.74 Å². The maximum absolute atomic E-state index is 13.8. The van der Waals surface area contributed by atoms with Crippen LogP contribution < -0.4 is 0 Å². The number of likely N-dealkylation sites (tertiary alicyclic amines) is 1. The zero-order valence-electron chi connectivity index (χ0n) is 15.5. The molecule has 0 radical (unpaired) electrons. The average molecular weight is 348 g/mol. The summed E-state index contributed by atoms with van der Waals surface area (Å²) >= 11 is 0. The molecule has 0 unspecified atom stereocenters. The number of piperidine rings is 1. The van der Waals surface area contributed by atoms with E-state index >= 15 is 0 Å². The van der Waals surface area contributed by atoms with E-state index in [1.807, 2.05) is 24.0 Å². The lowest BCUT2D eigenvalue weighted by Crippen LogP contribution is -2.62. The molecule has 2 heterocycles. The number of carbonyl (C=O) groups is 1. The van der Waals surface area contributed by atoms with Gasteiger partial charge in [0, 0.05) is 25.7 Å². The Morgan fingerprint density at radius 3 is 2.60 bits per heavy atom. The van der Waals surface area contributed by atoms with Crippen molar-refractivity contribution in [1.82, 2.24) is 9.80 Å². The number of morpholine rings is 1. The zero-order valence-corrected chi connectivity index (χ0v) is 15.5. The number of nitrogens with zero attached hydrogens (tertiary/aromatic N) is 2. The van der Waals surface area contributed by atoms with Gasteiger partial charge in [0.15, 0.2) is 0 Å².